The quantitative estimate of drug-likeness (QED) is 0.476. The van der Waals surface area contributed by atoms with E-state index in [0.717, 1.165) is 11.1 Å². The lowest BCUT2D eigenvalue weighted by molar-refractivity contribution is -0.137. The normalized spacial score (nSPS) is 14.3. The fourth-order valence-corrected chi connectivity index (χ4v) is 2.08. The van der Waals surface area contributed by atoms with Crippen LogP contribution in [-0.4, -0.2) is 24.1 Å². The van der Waals surface area contributed by atoms with E-state index in [4.69, 9.17) is 4.74 Å². The van der Waals surface area contributed by atoms with Crippen molar-refractivity contribution in [2.45, 2.75) is 13.3 Å². The molecule has 0 saturated carbocycles. The Morgan fingerprint density at radius 3 is 2.82 bits per heavy atom. The molecule has 0 fully saturated rings. The Hall–Kier alpha value is -2.75. The Labute approximate surface area is 128 Å². The predicted molar refractivity (Wildman–Crippen MR) is 83.1 cm³/mol. The molecule has 0 amide bonds. The van der Waals surface area contributed by atoms with Crippen molar-refractivity contribution in [2.75, 3.05) is 6.61 Å². The lowest BCUT2D eigenvalue weighted by atomic mass is 9.96. The standard InChI is InChI=1S/C18H16O4/c1-2-22-18(21)9-6-13-4-3-5-14(10-13)11-15-12-16(19)7-8-17(15)20/h3-10,12H,2,11H2,1H3/b9-6+. The lowest BCUT2D eigenvalue weighted by Gasteiger charge is -2.07. The van der Waals surface area contributed by atoms with E-state index in [9.17, 15) is 14.4 Å². The van der Waals surface area contributed by atoms with Crippen molar-refractivity contribution in [1.82, 2.24) is 0 Å². The summed E-state index contributed by atoms with van der Waals surface area (Å²) in [5, 5.41) is 0. The Morgan fingerprint density at radius 1 is 1.23 bits per heavy atom. The van der Waals surface area contributed by atoms with Gasteiger partial charge < -0.3 is 4.74 Å². The molecule has 0 atom stereocenters. The highest BCUT2D eigenvalue weighted by molar-refractivity contribution is 6.17. The van der Waals surface area contributed by atoms with Crippen LogP contribution in [0.5, 0.6) is 0 Å². The highest BCUT2D eigenvalue weighted by atomic mass is 16.5. The predicted octanol–water partition coefficient (Wildman–Crippen LogP) is 2.44. The first kappa shape index (κ1) is 15.6. The van der Waals surface area contributed by atoms with Crippen LogP contribution in [0.25, 0.3) is 6.08 Å². The van der Waals surface area contributed by atoms with Crippen molar-refractivity contribution in [2.24, 2.45) is 0 Å². The Balaban J connectivity index is 2.10. The molecule has 0 heterocycles. The van der Waals surface area contributed by atoms with Gasteiger partial charge in [0.25, 0.3) is 0 Å². The second-order valence-electron chi connectivity index (χ2n) is 4.78. The summed E-state index contributed by atoms with van der Waals surface area (Å²) < 4.78 is 4.82. The molecule has 0 radical (unpaired) electrons. The van der Waals surface area contributed by atoms with Crippen LogP contribution >= 0.6 is 0 Å². The van der Waals surface area contributed by atoms with Crippen molar-refractivity contribution in [3.05, 3.63) is 65.3 Å². The fraction of sp³-hybridized carbons (Fsp3) is 0.167. The average Bonchev–Trinajstić information content (AvgIpc) is 2.50. The number of hydrogen-bond acceptors (Lipinski definition) is 4. The van der Waals surface area contributed by atoms with Crippen LogP contribution in [0.15, 0.2) is 54.1 Å². The highest BCUT2D eigenvalue weighted by Gasteiger charge is 2.13. The van der Waals surface area contributed by atoms with Gasteiger partial charge in [0.1, 0.15) is 0 Å². The van der Waals surface area contributed by atoms with Gasteiger partial charge >= 0.3 is 5.97 Å². The molecule has 4 nitrogen and oxygen atoms in total. The maximum atomic E-state index is 11.7. The summed E-state index contributed by atoms with van der Waals surface area (Å²) in [5.41, 5.74) is 2.20. The van der Waals surface area contributed by atoms with Gasteiger partial charge in [-0.1, -0.05) is 24.3 Å². The summed E-state index contributed by atoms with van der Waals surface area (Å²) in [6, 6.07) is 7.43. The minimum Gasteiger partial charge on any atom is -0.463 e. The summed E-state index contributed by atoms with van der Waals surface area (Å²) in [7, 11) is 0. The van der Waals surface area contributed by atoms with Gasteiger partial charge in [0.05, 0.1) is 6.61 Å². The van der Waals surface area contributed by atoms with E-state index in [1.165, 1.54) is 24.3 Å². The van der Waals surface area contributed by atoms with Gasteiger partial charge in [-0.05, 0) is 42.4 Å². The molecule has 0 unspecified atom stereocenters. The third-order valence-electron chi connectivity index (χ3n) is 3.08. The zero-order valence-electron chi connectivity index (χ0n) is 12.2. The second-order valence-corrected chi connectivity index (χ2v) is 4.78. The summed E-state index contributed by atoms with van der Waals surface area (Å²) in [4.78, 5) is 34.4. The van der Waals surface area contributed by atoms with E-state index in [2.05, 4.69) is 0 Å². The molecule has 1 aliphatic carbocycles. The molecule has 1 aromatic carbocycles. The number of carbonyl (C=O) groups excluding carboxylic acids is 3. The molecule has 0 bridgehead atoms. The second kappa shape index (κ2) is 7.31. The molecular formula is C18H16O4. The van der Waals surface area contributed by atoms with Gasteiger partial charge in [0.15, 0.2) is 11.6 Å². The molecule has 0 aliphatic heterocycles. The van der Waals surface area contributed by atoms with Gasteiger partial charge in [-0.25, -0.2) is 4.79 Å². The maximum absolute atomic E-state index is 11.7. The smallest absolute Gasteiger partial charge is 0.330 e. The Bertz CT molecular complexity index is 693. The topological polar surface area (TPSA) is 60.4 Å². The SMILES string of the molecule is CCOC(=O)/C=C/c1cccc(CC2=CC(=O)C=CC2=O)c1. The number of allylic oxidation sites excluding steroid dienone is 4. The summed E-state index contributed by atoms with van der Waals surface area (Å²) in [6.07, 6.45) is 7.33. The van der Waals surface area contributed by atoms with Crippen LogP contribution in [-0.2, 0) is 25.5 Å². The monoisotopic (exact) mass is 296 g/mol. The van der Waals surface area contributed by atoms with E-state index in [1.54, 1.807) is 13.0 Å². The molecule has 0 spiro atoms. The molecule has 1 aromatic rings. The van der Waals surface area contributed by atoms with E-state index in [1.807, 2.05) is 24.3 Å². The van der Waals surface area contributed by atoms with Crippen molar-refractivity contribution < 1.29 is 19.1 Å². The third-order valence-corrected chi connectivity index (χ3v) is 3.08. The number of hydrogen-bond donors (Lipinski definition) is 0. The van der Waals surface area contributed by atoms with Crippen molar-refractivity contribution in [3.8, 4) is 0 Å². The minimum absolute atomic E-state index is 0.146. The number of benzene rings is 1. The molecule has 2 rings (SSSR count). The van der Waals surface area contributed by atoms with Crippen LogP contribution in [0.3, 0.4) is 0 Å². The van der Waals surface area contributed by atoms with Crippen LogP contribution in [0.1, 0.15) is 18.1 Å². The average molecular weight is 296 g/mol. The maximum Gasteiger partial charge on any atom is 0.330 e. The van der Waals surface area contributed by atoms with Gasteiger partial charge in [-0.3, -0.25) is 9.59 Å². The number of ether oxygens (including phenoxy) is 1. The largest absolute Gasteiger partial charge is 0.463 e. The first-order chi connectivity index (χ1) is 10.6. The van der Waals surface area contributed by atoms with E-state index >= 15 is 0 Å². The van der Waals surface area contributed by atoms with E-state index in [-0.39, 0.29) is 11.6 Å². The molecule has 112 valence electrons. The van der Waals surface area contributed by atoms with Crippen molar-refractivity contribution in [1.29, 1.82) is 0 Å². The van der Waals surface area contributed by atoms with Gasteiger partial charge in [0, 0.05) is 18.1 Å². The van der Waals surface area contributed by atoms with Crippen LogP contribution in [0.4, 0.5) is 0 Å². The molecule has 1 aliphatic rings. The van der Waals surface area contributed by atoms with Crippen molar-refractivity contribution in [3.63, 3.8) is 0 Å². The molecule has 0 N–H and O–H groups in total. The molecule has 0 aromatic heterocycles. The third kappa shape index (κ3) is 4.38. The van der Waals surface area contributed by atoms with E-state index in [0.29, 0.717) is 18.6 Å². The fourth-order valence-electron chi connectivity index (χ4n) is 2.08. The Morgan fingerprint density at radius 2 is 2.05 bits per heavy atom. The van der Waals surface area contributed by atoms with Crippen LogP contribution in [0.2, 0.25) is 0 Å². The van der Waals surface area contributed by atoms with Gasteiger partial charge in [-0.2, -0.15) is 0 Å². The van der Waals surface area contributed by atoms with Crippen molar-refractivity contribution >= 4 is 23.6 Å². The molecule has 22 heavy (non-hydrogen) atoms. The van der Waals surface area contributed by atoms with Gasteiger partial charge in [0.2, 0.25) is 0 Å². The first-order valence-electron chi connectivity index (χ1n) is 6.99. The van der Waals surface area contributed by atoms with E-state index < -0.39 is 5.97 Å². The minimum atomic E-state index is -0.395. The number of carbonyl (C=O) groups is 3. The zero-order valence-corrected chi connectivity index (χ0v) is 12.2. The Kier molecular flexibility index (Phi) is 5.20. The number of esters is 1. The highest BCUT2D eigenvalue weighted by Crippen LogP contribution is 2.15. The number of rotatable bonds is 5. The zero-order chi connectivity index (χ0) is 15.9. The van der Waals surface area contributed by atoms with Crippen LogP contribution < -0.4 is 0 Å². The molecule has 0 saturated heterocycles. The lowest BCUT2D eigenvalue weighted by Crippen LogP contribution is -2.09. The molecular weight excluding hydrogens is 280 g/mol. The first-order valence-corrected chi connectivity index (χ1v) is 6.99. The van der Waals surface area contributed by atoms with Gasteiger partial charge in [-0.15, -0.1) is 0 Å². The number of ketones is 2. The summed E-state index contributed by atoms with van der Waals surface area (Å²) in [6.45, 7) is 2.08. The summed E-state index contributed by atoms with van der Waals surface area (Å²) in [5.74, 6) is -0.714. The molecule has 4 heteroatoms. The summed E-state index contributed by atoms with van der Waals surface area (Å²) >= 11 is 0. The van der Waals surface area contributed by atoms with Crippen LogP contribution in [0, 0.1) is 0 Å².